The van der Waals surface area contributed by atoms with Crippen LogP contribution >= 0.6 is 0 Å². The molecule has 0 atom stereocenters. The van der Waals surface area contributed by atoms with Crippen LogP contribution in [0.25, 0.3) is 0 Å². The molecule has 4 nitrogen and oxygen atoms in total. The van der Waals surface area contributed by atoms with E-state index in [4.69, 9.17) is 10.2 Å². The number of carbonyl (C=O) groups is 2. The molecular weight excluding hydrogens is 235 g/mol. The number of hydrogen-bond donors (Lipinski definition) is 2. The summed E-state index contributed by atoms with van der Waals surface area (Å²) in [7, 11) is 0. The second kappa shape index (κ2) is 6.51. The van der Waals surface area contributed by atoms with Crippen LogP contribution < -0.4 is 51.4 Å². The molecule has 0 bridgehead atoms. The van der Waals surface area contributed by atoms with Crippen molar-refractivity contribution >= 4 is 11.9 Å². The third-order valence-electron chi connectivity index (χ3n) is 2.53. The monoisotopic (exact) mass is 248 g/mol. The molecule has 0 aliphatic heterocycles. The first-order chi connectivity index (χ1) is 7.05. The normalized spacial score (nSPS) is 10.3. The Morgan fingerprint density at radius 1 is 1.19 bits per heavy atom. The quantitative estimate of drug-likeness (QED) is 0.509. The second-order valence-electron chi connectivity index (χ2n) is 3.24. The molecule has 82 valence electrons. The number of aliphatic carboxylic acids is 2. The van der Waals surface area contributed by atoms with Gasteiger partial charge in [0, 0.05) is 0 Å². The largest absolute Gasteiger partial charge is 1.00 e. The topological polar surface area (TPSA) is 74.6 Å². The summed E-state index contributed by atoms with van der Waals surface area (Å²) in [5.41, 5.74) is -1.53. The molecule has 0 heterocycles. The molecule has 0 radical (unpaired) electrons. The van der Waals surface area contributed by atoms with Crippen molar-refractivity contribution in [1.29, 1.82) is 0 Å². The predicted molar refractivity (Wildman–Crippen MR) is 54.8 cm³/mol. The Balaban J connectivity index is 0. The first kappa shape index (κ1) is 15.8. The van der Waals surface area contributed by atoms with Crippen LogP contribution in [0.5, 0.6) is 0 Å². The third-order valence-corrected chi connectivity index (χ3v) is 2.53. The fourth-order valence-corrected chi connectivity index (χ4v) is 1.57. The maximum Gasteiger partial charge on any atom is 1.00 e. The van der Waals surface area contributed by atoms with Gasteiger partial charge in [0.1, 0.15) is 0 Å². The van der Waals surface area contributed by atoms with E-state index in [1.807, 2.05) is 0 Å². The predicted octanol–water partition coefficient (Wildman–Crippen LogP) is -1.38. The van der Waals surface area contributed by atoms with Gasteiger partial charge in [0.25, 0.3) is 0 Å². The zero-order valence-corrected chi connectivity index (χ0v) is 12.4. The molecule has 0 amide bonds. The number of hydrogen-bond acceptors (Lipinski definition) is 2. The van der Waals surface area contributed by atoms with Gasteiger partial charge >= 0.3 is 63.3 Å². The summed E-state index contributed by atoms with van der Waals surface area (Å²) in [6.45, 7) is 1.55. The Hall–Kier alpha value is -0.204. The molecule has 0 aromatic heterocycles. The summed E-state index contributed by atoms with van der Waals surface area (Å²) < 4.78 is 0. The Kier molecular flexibility index (Phi) is 6.43. The molecule has 1 aromatic rings. The molecule has 0 fully saturated rings. The van der Waals surface area contributed by atoms with Gasteiger partial charge in [-0.25, -0.2) is 0 Å². The van der Waals surface area contributed by atoms with Crippen LogP contribution in [0.4, 0.5) is 0 Å². The molecule has 5 heteroatoms. The zero-order chi connectivity index (χ0) is 11.5. The molecule has 0 aliphatic carbocycles. The van der Waals surface area contributed by atoms with Crippen LogP contribution in [0, 0.1) is 0 Å². The standard InChI is InChI=1S/C11H12O4.K.H/c1-2-11(9(12)13,10(14)15)8-6-4-3-5-7-8;;/h3-7H,2H2,1H3,(H,12,13)(H,14,15);;/q;+1;-1. The molecule has 0 aliphatic rings. The van der Waals surface area contributed by atoms with Crippen molar-refractivity contribution in [2.45, 2.75) is 18.8 Å². The van der Waals surface area contributed by atoms with Crippen molar-refractivity contribution in [1.82, 2.24) is 0 Å². The maximum atomic E-state index is 11.1. The van der Waals surface area contributed by atoms with E-state index in [1.165, 1.54) is 12.1 Å². The van der Waals surface area contributed by atoms with Gasteiger partial charge in [0.2, 0.25) is 0 Å². The van der Waals surface area contributed by atoms with Crippen molar-refractivity contribution in [3.63, 3.8) is 0 Å². The molecule has 1 rings (SSSR count). The average Bonchev–Trinajstić information content (AvgIpc) is 2.20. The summed E-state index contributed by atoms with van der Waals surface area (Å²) in [4.78, 5) is 22.2. The van der Waals surface area contributed by atoms with Gasteiger partial charge in [-0.15, -0.1) is 0 Å². The smallest absolute Gasteiger partial charge is 1.00 e. The molecule has 0 spiro atoms. The second-order valence-corrected chi connectivity index (χ2v) is 3.24. The minimum Gasteiger partial charge on any atom is -1.00 e. The number of rotatable bonds is 4. The Morgan fingerprint density at radius 2 is 1.62 bits per heavy atom. The summed E-state index contributed by atoms with van der Waals surface area (Å²) in [5.74, 6) is -2.66. The van der Waals surface area contributed by atoms with Crippen molar-refractivity contribution < 1.29 is 72.6 Å². The van der Waals surface area contributed by atoms with E-state index in [0.29, 0.717) is 5.56 Å². The van der Waals surface area contributed by atoms with Gasteiger partial charge < -0.3 is 11.6 Å². The van der Waals surface area contributed by atoms with Crippen molar-refractivity contribution in [2.75, 3.05) is 0 Å². The SMILES string of the molecule is CCC(C(=O)O)(C(=O)O)c1ccccc1.[H-].[K+]. The molecule has 1 aromatic carbocycles. The number of carboxylic acid groups (broad SMARTS) is 2. The molecule has 0 saturated carbocycles. The molecular formula is C11H13KO4. The molecule has 2 N–H and O–H groups in total. The molecule has 0 unspecified atom stereocenters. The van der Waals surface area contributed by atoms with Gasteiger partial charge in [0.15, 0.2) is 5.41 Å². The molecule has 16 heavy (non-hydrogen) atoms. The third kappa shape index (κ3) is 2.72. The van der Waals surface area contributed by atoms with Crippen molar-refractivity contribution in [2.24, 2.45) is 0 Å². The van der Waals surface area contributed by atoms with E-state index in [-0.39, 0.29) is 59.2 Å². The minimum absolute atomic E-state index is 0. The van der Waals surface area contributed by atoms with Crippen LogP contribution in [0.15, 0.2) is 30.3 Å². The summed E-state index contributed by atoms with van der Waals surface area (Å²) in [6.07, 6.45) is 0.0156. The van der Waals surface area contributed by atoms with Crippen LogP contribution in [0.1, 0.15) is 20.3 Å². The van der Waals surface area contributed by atoms with E-state index in [1.54, 1.807) is 25.1 Å². The van der Waals surface area contributed by atoms with Crippen LogP contribution in [0.3, 0.4) is 0 Å². The fraction of sp³-hybridized carbons (Fsp3) is 0.273. The van der Waals surface area contributed by atoms with Gasteiger partial charge in [-0.05, 0) is 12.0 Å². The first-order valence-electron chi connectivity index (χ1n) is 4.58. The van der Waals surface area contributed by atoms with Gasteiger partial charge in [-0.2, -0.15) is 0 Å². The van der Waals surface area contributed by atoms with E-state index < -0.39 is 17.4 Å². The van der Waals surface area contributed by atoms with E-state index in [9.17, 15) is 9.59 Å². The molecule has 0 saturated heterocycles. The summed E-state index contributed by atoms with van der Waals surface area (Å²) in [5, 5.41) is 18.1. The Bertz CT molecular complexity index is 366. The minimum atomic E-state index is -1.83. The summed E-state index contributed by atoms with van der Waals surface area (Å²) in [6, 6.07) is 8.02. The van der Waals surface area contributed by atoms with Crippen LogP contribution in [-0.2, 0) is 15.0 Å². The Labute approximate surface area is 138 Å². The van der Waals surface area contributed by atoms with Gasteiger partial charge in [-0.1, -0.05) is 37.3 Å². The van der Waals surface area contributed by atoms with Crippen LogP contribution in [-0.4, -0.2) is 22.2 Å². The van der Waals surface area contributed by atoms with Gasteiger partial charge in [-0.3, -0.25) is 9.59 Å². The summed E-state index contributed by atoms with van der Waals surface area (Å²) >= 11 is 0. The fourth-order valence-electron chi connectivity index (χ4n) is 1.57. The van der Waals surface area contributed by atoms with Crippen LogP contribution in [0.2, 0.25) is 0 Å². The Morgan fingerprint density at radius 3 is 1.94 bits per heavy atom. The maximum absolute atomic E-state index is 11.1. The van der Waals surface area contributed by atoms with Gasteiger partial charge in [0.05, 0.1) is 0 Å². The van der Waals surface area contributed by atoms with Crippen molar-refractivity contribution in [3.8, 4) is 0 Å². The first-order valence-corrected chi connectivity index (χ1v) is 4.58. The number of carboxylic acids is 2. The average molecular weight is 248 g/mol. The number of benzene rings is 1. The zero-order valence-electron chi connectivity index (χ0n) is 10.3. The van der Waals surface area contributed by atoms with E-state index >= 15 is 0 Å². The van der Waals surface area contributed by atoms with Crippen molar-refractivity contribution in [3.05, 3.63) is 35.9 Å². The van der Waals surface area contributed by atoms with E-state index in [0.717, 1.165) is 0 Å². The van der Waals surface area contributed by atoms with E-state index in [2.05, 4.69) is 0 Å².